The summed E-state index contributed by atoms with van der Waals surface area (Å²) in [4.78, 5) is 12.1. The van der Waals surface area contributed by atoms with Crippen LogP contribution in [0.15, 0.2) is 60.2 Å². The van der Waals surface area contributed by atoms with Crippen LogP contribution in [-0.2, 0) is 0 Å². The average Bonchev–Trinajstić information content (AvgIpc) is 2.71. The van der Waals surface area contributed by atoms with Crippen LogP contribution in [0, 0.1) is 0 Å². The summed E-state index contributed by atoms with van der Waals surface area (Å²) in [6, 6.07) is 12.3. The highest BCUT2D eigenvalue weighted by molar-refractivity contribution is 5.95. The monoisotopic (exact) mass is 368 g/mol. The lowest BCUT2D eigenvalue weighted by Gasteiger charge is -2.09. The molecule has 0 unspecified atom stereocenters. The number of nitrogens with zero attached hydrogens (tertiary/aromatic N) is 1. The zero-order valence-corrected chi connectivity index (χ0v) is 15.6. The predicted molar refractivity (Wildman–Crippen MR) is 106 cm³/mol. The molecule has 6 heteroatoms. The highest BCUT2D eigenvalue weighted by Crippen LogP contribution is 2.27. The van der Waals surface area contributed by atoms with Gasteiger partial charge in [0.25, 0.3) is 5.91 Å². The second-order valence-electron chi connectivity index (χ2n) is 5.58. The number of rotatable bonds is 10. The van der Waals surface area contributed by atoms with Gasteiger partial charge in [-0.3, -0.25) is 4.79 Å². The molecular formula is C21H24N2O4. The number of hydrogen-bond acceptors (Lipinski definition) is 5. The number of benzene rings is 2. The van der Waals surface area contributed by atoms with Crippen LogP contribution in [0.3, 0.4) is 0 Å². The van der Waals surface area contributed by atoms with Crippen LogP contribution in [0.4, 0.5) is 0 Å². The lowest BCUT2D eigenvalue weighted by atomic mass is 10.2. The molecule has 6 nitrogen and oxygen atoms in total. The first kappa shape index (κ1) is 20.0. The summed E-state index contributed by atoms with van der Waals surface area (Å²) in [6.07, 6.45) is 4.13. The molecule has 0 aliphatic heterocycles. The van der Waals surface area contributed by atoms with Crippen molar-refractivity contribution in [3.8, 4) is 17.2 Å². The Bertz CT molecular complexity index is 785. The van der Waals surface area contributed by atoms with Gasteiger partial charge in [-0.15, -0.1) is 0 Å². The van der Waals surface area contributed by atoms with Gasteiger partial charge in [0.05, 0.1) is 19.9 Å². The molecule has 0 aromatic heterocycles. The smallest absolute Gasteiger partial charge is 0.271 e. The van der Waals surface area contributed by atoms with E-state index in [0.717, 1.165) is 17.7 Å². The number of carbonyl (C=O) groups is 1. The van der Waals surface area contributed by atoms with Crippen molar-refractivity contribution < 1.29 is 19.0 Å². The topological polar surface area (TPSA) is 69.2 Å². The summed E-state index contributed by atoms with van der Waals surface area (Å²) >= 11 is 0. The third-order valence-electron chi connectivity index (χ3n) is 3.51. The summed E-state index contributed by atoms with van der Waals surface area (Å²) in [5.74, 6) is 1.63. The van der Waals surface area contributed by atoms with Gasteiger partial charge in [-0.25, -0.2) is 5.43 Å². The number of methoxy groups -OCH3 is 1. The maximum absolute atomic E-state index is 12.1. The van der Waals surface area contributed by atoms with E-state index in [1.165, 1.54) is 6.21 Å². The predicted octanol–water partition coefficient (Wildman–Crippen LogP) is 3.81. The number of carbonyl (C=O) groups excluding carboxylic acids is 1. The van der Waals surface area contributed by atoms with E-state index in [4.69, 9.17) is 14.2 Å². The first-order valence-corrected chi connectivity index (χ1v) is 8.66. The number of nitrogens with one attached hydrogen (secondary N) is 1. The fourth-order valence-corrected chi connectivity index (χ4v) is 2.18. The van der Waals surface area contributed by atoms with Crippen molar-refractivity contribution >= 4 is 12.1 Å². The molecule has 0 saturated heterocycles. The zero-order chi connectivity index (χ0) is 19.5. The second-order valence-corrected chi connectivity index (χ2v) is 5.58. The normalized spacial score (nSPS) is 10.4. The van der Waals surface area contributed by atoms with Crippen LogP contribution in [0.2, 0.25) is 0 Å². The van der Waals surface area contributed by atoms with Gasteiger partial charge in [-0.1, -0.05) is 19.6 Å². The maximum Gasteiger partial charge on any atom is 0.271 e. The Morgan fingerprint density at radius 3 is 2.59 bits per heavy atom. The Labute approximate surface area is 159 Å². The lowest BCUT2D eigenvalue weighted by Crippen LogP contribution is -2.17. The molecular weight excluding hydrogens is 344 g/mol. The molecule has 0 bridgehead atoms. The van der Waals surface area contributed by atoms with Gasteiger partial charge in [0, 0.05) is 5.56 Å². The van der Waals surface area contributed by atoms with E-state index in [9.17, 15) is 4.79 Å². The van der Waals surface area contributed by atoms with Gasteiger partial charge in [-0.05, 0) is 54.4 Å². The summed E-state index contributed by atoms with van der Waals surface area (Å²) in [5.41, 5.74) is 3.77. The van der Waals surface area contributed by atoms with Crippen LogP contribution in [0.25, 0.3) is 0 Å². The summed E-state index contributed by atoms with van der Waals surface area (Å²) < 4.78 is 16.3. The summed E-state index contributed by atoms with van der Waals surface area (Å²) in [7, 11) is 1.56. The Kier molecular flexibility index (Phi) is 7.91. The molecule has 0 heterocycles. The molecule has 2 aromatic carbocycles. The van der Waals surface area contributed by atoms with Crippen LogP contribution >= 0.6 is 0 Å². The van der Waals surface area contributed by atoms with Crippen LogP contribution < -0.4 is 19.6 Å². The Hall–Kier alpha value is -3.28. The first-order chi connectivity index (χ1) is 13.2. The molecule has 0 saturated carbocycles. The van der Waals surface area contributed by atoms with Crippen molar-refractivity contribution in [1.29, 1.82) is 0 Å². The quantitative estimate of drug-likeness (QED) is 0.393. The van der Waals surface area contributed by atoms with E-state index in [1.807, 2.05) is 13.0 Å². The van der Waals surface area contributed by atoms with Gasteiger partial charge in [-0.2, -0.15) is 5.10 Å². The van der Waals surface area contributed by atoms with E-state index < -0.39 is 0 Å². The molecule has 2 aromatic rings. The second kappa shape index (κ2) is 10.7. The van der Waals surface area contributed by atoms with Crippen molar-refractivity contribution in [2.24, 2.45) is 5.10 Å². The number of ether oxygens (including phenoxy) is 3. The highest BCUT2D eigenvalue weighted by Gasteiger charge is 2.06. The molecule has 1 amide bonds. The Morgan fingerprint density at radius 1 is 1.15 bits per heavy atom. The number of hydrogen-bond donors (Lipinski definition) is 1. The van der Waals surface area contributed by atoms with E-state index in [0.29, 0.717) is 30.3 Å². The van der Waals surface area contributed by atoms with Crippen molar-refractivity contribution in [1.82, 2.24) is 5.43 Å². The molecule has 0 fully saturated rings. The van der Waals surface area contributed by atoms with E-state index in [1.54, 1.807) is 49.6 Å². The summed E-state index contributed by atoms with van der Waals surface area (Å²) in [6.45, 7) is 6.69. The van der Waals surface area contributed by atoms with Crippen molar-refractivity contribution in [3.63, 3.8) is 0 Å². The Morgan fingerprint density at radius 2 is 1.93 bits per heavy atom. The zero-order valence-electron chi connectivity index (χ0n) is 15.6. The largest absolute Gasteiger partial charge is 0.494 e. The molecule has 0 radical (unpaired) electrons. The molecule has 0 spiro atoms. The standard InChI is InChI=1S/C21H24N2O4/c1-4-12-26-18-9-7-17(8-10-18)21(24)23-22-15-16-6-11-19(27-13-5-2)20(14-16)25-3/h5-11,14-15H,2,4,12-13H2,1,3H3,(H,23,24)/b22-15+. The van der Waals surface area contributed by atoms with Crippen molar-refractivity contribution in [3.05, 3.63) is 66.2 Å². The van der Waals surface area contributed by atoms with Gasteiger partial charge in [0.1, 0.15) is 12.4 Å². The van der Waals surface area contributed by atoms with Gasteiger partial charge in [0.15, 0.2) is 11.5 Å². The third kappa shape index (κ3) is 6.18. The van der Waals surface area contributed by atoms with Crippen LogP contribution in [-0.4, -0.2) is 32.4 Å². The minimum absolute atomic E-state index is 0.300. The van der Waals surface area contributed by atoms with Crippen molar-refractivity contribution in [2.45, 2.75) is 13.3 Å². The number of hydrazone groups is 1. The van der Waals surface area contributed by atoms with Gasteiger partial charge < -0.3 is 14.2 Å². The minimum Gasteiger partial charge on any atom is -0.494 e. The van der Waals surface area contributed by atoms with Crippen LogP contribution in [0.1, 0.15) is 29.3 Å². The van der Waals surface area contributed by atoms with Crippen molar-refractivity contribution in [2.75, 3.05) is 20.3 Å². The lowest BCUT2D eigenvalue weighted by molar-refractivity contribution is 0.0955. The molecule has 1 N–H and O–H groups in total. The average molecular weight is 368 g/mol. The highest BCUT2D eigenvalue weighted by atomic mass is 16.5. The molecule has 27 heavy (non-hydrogen) atoms. The van der Waals surface area contributed by atoms with Gasteiger partial charge in [0.2, 0.25) is 0 Å². The van der Waals surface area contributed by atoms with Gasteiger partial charge >= 0.3 is 0 Å². The van der Waals surface area contributed by atoms with Crippen LogP contribution in [0.5, 0.6) is 17.2 Å². The fraction of sp³-hybridized carbons (Fsp3) is 0.238. The third-order valence-corrected chi connectivity index (χ3v) is 3.51. The molecule has 0 aliphatic rings. The first-order valence-electron chi connectivity index (χ1n) is 8.66. The van der Waals surface area contributed by atoms with E-state index >= 15 is 0 Å². The van der Waals surface area contributed by atoms with E-state index in [2.05, 4.69) is 17.1 Å². The van der Waals surface area contributed by atoms with E-state index in [-0.39, 0.29) is 5.91 Å². The molecule has 0 atom stereocenters. The minimum atomic E-state index is -0.300. The summed E-state index contributed by atoms with van der Waals surface area (Å²) in [5, 5.41) is 3.99. The molecule has 142 valence electrons. The maximum atomic E-state index is 12.1. The molecule has 2 rings (SSSR count). The fourth-order valence-electron chi connectivity index (χ4n) is 2.18. The number of amides is 1. The molecule has 0 aliphatic carbocycles. The SMILES string of the molecule is C=CCOc1ccc(/C=N/NC(=O)c2ccc(OCCC)cc2)cc1OC. The Balaban J connectivity index is 1.95.